The lowest BCUT2D eigenvalue weighted by Crippen LogP contribution is -2.36. The number of para-hydroxylation sites is 1. The van der Waals surface area contributed by atoms with Crippen LogP contribution in [0.4, 0.5) is 0 Å². The van der Waals surface area contributed by atoms with Crippen molar-refractivity contribution in [2.45, 2.75) is 46.1 Å². The van der Waals surface area contributed by atoms with Crippen LogP contribution in [-0.4, -0.2) is 18.1 Å². The van der Waals surface area contributed by atoms with Crippen LogP contribution in [0.5, 0.6) is 5.75 Å². The number of benzene rings is 2. The highest BCUT2D eigenvalue weighted by Crippen LogP contribution is 2.18. The molecule has 0 bridgehead atoms. The molecule has 1 N–H and O–H groups in total. The predicted octanol–water partition coefficient (Wildman–Crippen LogP) is 3.57. The number of amides is 1. The lowest BCUT2D eigenvalue weighted by Gasteiger charge is -2.17. The van der Waals surface area contributed by atoms with E-state index in [1.807, 2.05) is 38.1 Å². The van der Waals surface area contributed by atoms with E-state index in [9.17, 15) is 4.79 Å². The summed E-state index contributed by atoms with van der Waals surface area (Å²) >= 11 is 0. The van der Waals surface area contributed by atoms with Gasteiger partial charge in [-0.15, -0.1) is 0 Å². The van der Waals surface area contributed by atoms with Gasteiger partial charge in [-0.25, -0.2) is 0 Å². The Bertz CT molecular complexity index is 781. The molecule has 2 aromatic carbocycles. The van der Waals surface area contributed by atoms with Crippen LogP contribution in [0.25, 0.3) is 0 Å². The van der Waals surface area contributed by atoms with Crippen molar-refractivity contribution in [3.63, 3.8) is 0 Å². The summed E-state index contributed by atoms with van der Waals surface area (Å²) in [6, 6.07) is 16.8. The number of rotatable bonds is 8. The van der Waals surface area contributed by atoms with E-state index in [2.05, 4.69) is 11.4 Å². The zero-order chi connectivity index (χ0) is 18.9. The highest BCUT2D eigenvalue weighted by molar-refractivity contribution is 5.80. The minimum absolute atomic E-state index is 0.145. The highest BCUT2D eigenvalue weighted by atomic mass is 16.5. The molecule has 26 heavy (non-hydrogen) atoms. The minimum Gasteiger partial charge on any atom is -0.480 e. The van der Waals surface area contributed by atoms with E-state index in [1.165, 1.54) is 0 Å². The number of carbonyl (C=O) groups is 1. The van der Waals surface area contributed by atoms with Crippen LogP contribution in [0.1, 0.15) is 37.5 Å². The lowest BCUT2D eigenvalue weighted by atomic mass is 10.1. The van der Waals surface area contributed by atoms with Crippen LogP contribution in [0.2, 0.25) is 0 Å². The second kappa shape index (κ2) is 9.59. The first-order valence-electron chi connectivity index (χ1n) is 8.63. The maximum absolute atomic E-state index is 12.3. The largest absolute Gasteiger partial charge is 0.480 e. The molecule has 1 unspecified atom stereocenters. The number of carbonyl (C=O) groups excluding carboxylic acids is 1. The third kappa shape index (κ3) is 5.61. The van der Waals surface area contributed by atoms with Crippen LogP contribution in [0.15, 0.2) is 48.5 Å². The Balaban J connectivity index is 1.95. The van der Waals surface area contributed by atoms with E-state index >= 15 is 0 Å². The molecule has 1 amide bonds. The normalized spacial score (nSPS) is 11.7. The quantitative estimate of drug-likeness (QED) is 0.788. The fraction of sp³-hybridized carbons (Fsp3) is 0.333. The molecule has 5 heteroatoms. The zero-order valence-electron chi connectivity index (χ0n) is 15.4. The summed E-state index contributed by atoms with van der Waals surface area (Å²) in [5.41, 5.74) is 2.46. The van der Waals surface area contributed by atoms with Gasteiger partial charge in [0, 0.05) is 6.54 Å². The van der Waals surface area contributed by atoms with Crippen molar-refractivity contribution in [2.24, 2.45) is 0 Å². The SMILES string of the molecule is CC(C)OCc1ccccc1CNC(=O)C(C)Oc1ccccc1C#N. The molecular weight excluding hydrogens is 328 g/mol. The highest BCUT2D eigenvalue weighted by Gasteiger charge is 2.16. The molecule has 0 saturated carbocycles. The van der Waals surface area contributed by atoms with Crippen molar-refractivity contribution in [3.8, 4) is 11.8 Å². The summed E-state index contributed by atoms with van der Waals surface area (Å²) in [7, 11) is 0. The van der Waals surface area contributed by atoms with Gasteiger partial charge in [-0.1, -0.05) is 36.4 Å². The first-order chi connectivity index (χ1) is 12.5. The Morgan fingerprint density at radius 1 is 1.08 bits per heavy atom. The molecule has 136 valence electrons. The molecule has 0 fully saturated rings. The average Bonchev–Trinajstić information content (AvgIpc) is 2.65. The third-order valence-corrected chi connectivity index (χ3v) is 3.82. The van der Waals surface area contributed by atoms with Crippen molar-refractivity contribution in [2.75, 3.05) is 0 Å². The molecule has 0 aliphatic carbocycles. The number of hydrogen-bond acceptors (Lipinski definition) is 4. The molecule has 0 spiro atoms. The van der Waals surface area contributed by atoms with Gasteiger partial charge in [0.15, 0.2) is 6.10 Å². The first kappa shape index (κ1) is 19.5. The standard InChI is InChI=1S/C21H24N2O3/c1-15(2)25-14-19-10-5-4-9-18(19)13-23-21(24)16(3)26-20-11-7-6-8-17(20)12-22/h4-11,15-16H,13-14H2,1-3H3,(H,23,24). The van der Waals surface area contributed by atoms with Crippen molar-refractivity contribution in [1.29, 1.82) is 5.26 Å². The molecule has 0 aliphatic heterocycles. The van der Waals surface area contributed by atoms with Gasteiger partial charge in [0.05, 0.1) is 18.3 Å². The minimum atomic E-state index is -0.705. The Hall–Kier alpha value is -2.84. The van der Waals surface area contributed by atoms with Gasteiger partial charge >= 0.3 is 0 Å². The van der Waals surface area contributed by atoms with Gasteiger partial charge < -0.3 is 14.8 Å². The fourth-order valence-corrected chi connectivity index (χ4v) is 2.36. The van der Waals surface area contributed by atoms with Gasteiger partial charge in [-0.05, 0) is 44.0 Å². The van der Waals surface area contributed by atoms with Gasteiger partial charge in [-0.3, -0.25) is 4.79 Å². The number of hydrogen-bond donors (Lipinski definition) is 1. The van der Waals surface area contributed by atoms with E-state index in [0.717, 1.165) is 11.1 Å². The molecule has 0 radical (unpaired) electrons. The monoisotopic (exact) mass is 352 g/mol. The second-order valence-electron chi connectivity index (χ2n) is 6.21. The Labute approximate surface area is 154 Å². The molecule has 2 aromatic rings. The van der Waals surface area contributed by atoms with Crippen molar-refractivity contribution >= 4 is 5.91 Å². The van der Waals surface area contributed by atoms with Gasteiger partial charge in [-0.2, -0.15) is 5.26 Å². The summed E-state index contributed by atoms with van der Waals surface area (Å²) in [4.78, 5) is 12.3. The molecule has 2 rings (SSSR count). The number of nitriles is 1. The number of ether oxygens (including phenoxy) is 2. The zero-order valence-corrected chi connectivity index (χ0v) is 15.4. The van der Waals surface area contributed by atoms with Crippen LogP contribution < -0.4 is 10.1 Å². The van der Waals surface area contributed by atoms with Crippen LogP contribution >= 0.6 is 0 Å². The van der Waals surface area contributed by atoms with Crippen LogP contribution in [-0.2, 0) is 22.7 Å². The molecule has 0 heterocycles. The Morgan fingerprint density at radius 2 is 1.73 bits per heavy atom. The predicted molar refractivity (Wildman–Crippen MR) is 99.5 cm³/mol. The second-order valence-corrected chi connectivity index (χ2v) is 6.21. The van der Waals surface area contributed by atoms with Crippen LogP contribution in [0, 0.1) is 11.3 Å². The first-order valence-corrected chi connectivity index (χ1v) is 8.63. The maximum Gasteiger partial charge on any atom is 0.261 e. The number of nitrogens with one attached hydrogen (secondary N) is 1. The summed E-state index contributed by atoms with van der Waals surface area (Å²) in [5.74, 6) is 0.167. The molecule has 0 aromatic heterocycles. The van der Waals surface area contributed by atoms with Crippen molar-refractivity contribution in [1.82, 2.24) is 5.32 Å². The summed E-state index contributed by atoms with van der Waals surface area (Å²) < 4.78 is 11.3. The summed E-state index contributed by atoms with van der Waals surface area (Å²) in [6.45, 7) is 6.54. The molecule has 0 saturated heterocycles. The third-order valence-electron chi connectivity index (χ3n) is 3.82. The smallest absolute Gasteiger partial charge is 0.261 e. The molecular formula is C21H24N2O3. The van der Waals surface area contributed by atoms with Gasteiger partial charge in [0.2, 0.25) is 0 Å². The summed E-state index contributed by atoms with van der Waals surface area (Å²) in [5, 5.41) is 12.0. The van der Waals surface area contributed by atoms with E-state index in [4.69, 9.17) is 14.7 Å². The Kier molecular flexibility index (Phi) is 7.19. The van der Waals surface area contributed by atoms with E-state index in [1.54, 1.807) is 31.2 Å². The average molecular weight is 352 g/mol. The maximum atomic E-state index is 12.3. The van der Waals surface area contributed by atoms with E-state index in [0.29, 0.717) is 24.5 Å². The molecule has 1 atom stereocenters. The molecule has 5 nitrogen and oxygen atoms in total. The van der Waals surface area contributed by atoms with Gasteiger partial charge in [0.25, 0.3) is 5.91 Å². The van der Waals surface area contributed by atoms with Gasteiger partial charge in [0.1, 0.15) is 11.8 Å². The summed E-state index contributed by atoms with van der Waals surface area (Å²) in [6.07, 6.45) is -0.560. The Morgan fingerprint density at radius 3 is 2.42 bits per heavy atom. The van der Waals surface area contributed by atoms with Crippen LogP contribution in [0.3, 0.4) is 0 Å². The van der Waals surface area contributed by atoms with E-state index in [-0.39, 0.29) is 12.0 Å². The van der Waals surface area contributed by atoms with Crippen molar-refractivity contribution in [3.05, 3.63) is 65.2 Å². The fourth-order valence-electron chi connectivity index (χ4n) is 2.36. The number of nitrogens with zero attached hydrogens (tertiary/aromatic N) is 1. The molecule has 0 aliphatic rings. The lowest BCUT2D eigenvalue weighted by molar-refractivity contribution is -0.127. The van der Waals surface area contributed by atoms with Crippen molar-refractivity contribution < 1.29 is 14.3 Å². The van der Waals surface area contributed by atoms with E-state index < -0.39 is 6.10 Å². The topological polar surface area (TPSA) is 71.3 Å².